The van der Waals surface area contributed by atoms with Crippen molar-refractivity contribution in [3.8, 4) is 22.6 Å². The Kier molecular flexibility index (Phi) is 13.4. The second-order valence-corrected chi connectivity index (χ2v) is 18.7. The fourth-order valence-electron chi connectivity index (χ4n) is 10.5. The van der Waals surface area contributed by atoms with E-state index < -0.39 is 11.5 Å². The highest BCUT2D eigenvalue weighted by Crippen LogP contribution is 2.57. The van der Waals surface area contributed by atoms with Crippen LogP contribution in [0.2, 0.25) is 5.02 Å². The number of hydrogen-bond donors (Lipinski definition) is 2. The molecule has 1 unspecified atom stereocenters. The Balaban J connectivity index is 0.943. The molecule has 0 radical (unpaired) electrons. The van der Waals surface area contributed by atoms with Gasteiger partial charge in [-0.3, -0.25) is 14.8 Å². The molecule has 11 heteroatoms. The van der Waals surface area contributed by atoms with Crippen LogP contribution >= 0.6 is 11.6 Å². The first kappa shape index (κ1) is 44.1. The summed E-state index contributed by atoms with van der Waals surface area (Å²) in [6.45, 7) is 5.63. The van der Waals surface area contributed by atoms with Crippen LogP contribution in [0.1, 0.15) is 106 Å². The number of fused-ring (bicyclic) bond motifs is 3. The van der Waals surface area contributed by atoms with Gasteiger partial charge in [-0.05, 0) is 159 Å². The van der Waals surface area contributed by atoms with Crippen molar-refractivity contribution in [3.05, 3.63) is 136 Å². The average Bonchev–Trinajstić information content (AvgIpc) is 3.56. The highest BCUT2D eigenvalue weighted by Gasteiger charge is 2.54. The standard InChI is InChI=1S/C52H58ClFN4O5/c1-34(33-63-47-18-24-56-46-12-4-8-35(2)49(46)47)26-40-28-37-14-16-43(30-44(37)51(40)19-21-52(22-20-51,50(60)61)57-42-11-5-10-41(53)29-42)62-25-7-13-48(59)58(3)32-39-27-36(15-17-45(39)54)38-9-6-23-55-31-38/h5-6,9-11,14-18,23-24,27,29-31,34-35,40,57H,4,7-8,12-13,19-22,25-26,28,32-33H2,1-3H3,(H,60,61)/t34-,35-,40?,51?,52?/m1/s1. The molecule has 2 N–H and O–H groups in total. The Labute approximate surface area is 375 Å². The molecule has 3 atom stereocenters. The largest absolute Gasteiger partial charge is 0.494 e. The molecule has 3 aromatic carbocycles. The van der Waals surface area contributed by atoms with Crippen molar-refractivity contribution in [1.82, 2.24) is 14.9 Å². The third-order valence-electron chi connectivity index (χ3n) is 13.9. The number of halogens is 2. The molecule has 9 nitrogen and oxygen atoms in total. The fraction of sp³-hybridized carbons (Fsp3) is 0.423. The van der Waals surface area contributed by atoms with Crippen molar-refractivity contribution in [2.75, 3.05) is 25.6 Å². The summed E-state index contributed by atoms with van der Waals surface area (Å²) in [7, 11) is 1.70. The van der Waals surface area contributed by atoms with Crippen LogP contribution in [-0.2, 0) is 34.4 Å². The first-order valence-corrected chi connectivity index (χ1v) is 22.9. The molecule has 3 aliphatic carbocycles. The van der Waals surface area contributed by atoms with Gasteiger partial charge < -0.3 is 24.8 Å². The smallest absolute Gasteiger partial charge is 0.329 e. The van der Waals surface area contributed by atoms with Gasteiger partial charge in [0.05, 0.1) is 13.2 Å². The molecule has 0 bridgehead atoms. The van der Waals surface area contributed by atoms with Crippen LogP contribution in [-0.4, -0.2) is 57.7 Å². The van der Waals surface area contributed by atoms with Crippen LogP contribution in [0.25, 0.3) is 11.1 Å². The molecule has 0 saturated heterocycles. The van der Waals surface area contributed by atoms with E-state index in [-0.39, 0.29) is 41.9 Å². The van der Waals surface area contributed by atoms with Gasteiger partial charge in [0.25, 0.3) is 0 Å². The molecule has 8 rings (SSSR count). The van der Waals surface area contributed by atoms with Crippen LogP contribution in [0.5, 0.6) is 11.5 Å². The molecule has 1 amide bonds. The van der Waals surface area contributed by atoms with Gasteiger partial charge in [-0.25, -0.2) is 9.18 Å². The number of carboxylic acids is 1. The van der Waals surface area contributed by atoms with Crippen molar-refractivity contribution >= 4 is 29.2 Å². The zero-order chi connectivity index (χ0) is 44.1. The van der Waals surface area contributed by atoms with Crippen LogP contribution < -0.4 is 14.8 Å². The minimum absolute atomic E-state index is 0.0903. The predicted molar refractivity (Wildman–Crippen MR) is 245 cm³/mol. The Morgan fingerprint density at radius 1 is 1.00 bits per heavy atom. The molecule has 2 aromatic heterocycles. The van der Waals surface area contributed by atoms with E-state index >= 15 is 0 Å². The quantitative estimate of drug-likeness (QED) is 0.0943. The van der Waals surface area contributed by atoms with Crippen molar-refractivity contribution < 1.29 is 28.6 Å². The number of ether oxygens (including phenoxy) is 2. The Morgan fingerprint density at radius 3 is 2.62 bits per heavy atom. The van der Waals surface area contributed by atoms with Crippen molar-refractivity contribution in [2.45, 2.75) is 108 Å². The zero-order valence-electron chi connectivity index (χ0n) is 36.5. The number of hydrogen-bond acceptors (Lipinski definition) is 7. The molecule has 1 saturated carbocycles. The van der Waals surface area contributed by atoms with Gasteiger partial charge in [-0.15, -0.1) is 0 Å². The first-order valence-electron chi connectivity index (χ1n) is 22.5. The highest BCUT2D eigenvalue weighted by molar-refractivity contribution is 6.30. The van der Waals surface area contributed by atoms with Crippen LogP contribution in [0.3, 0.4) is 0 Å². The number of nitrogens with zero attached hydrogens (tertiary/aromatic N) is 3. The van der Waals surface area contributed by atoms with E-state index in [9.17, 15) is 19.1 Å². The van der Waals surface area contributed by atoms with Gasteiger partial charge in [0.15, 0.2) is 0 Å². The van der Waals surface area contributed by atoms with Crippen molar-refractivity contribution in [3.63, 3.8) is 0 Å². The summed E-state index contributed by atoms with van der Waals surface area (Å²) in [5, 5.41) is 14.7. The normalized spacial score (nSPS) is 21.9. The predicted octanol–water partition coefficient (Wildman–Crippen LogP) is 11.2. The molecule has 330 valence electrons. The van der Waals surface area contributed by atoms with E-state index in [2.05, 4.69) is 41.3 Å². The van der Waals surface area contributed by atoms with Gasteiger partial charge >= 0.3 is 5.97 Å². The topological polar surface area (TPSA) is 114 Å². The Morgan fingerprint density at radius 2 is 1.84 bits per heavy atom. The molecular weight excluding hydrogens is 815 g/mol. The number of carbonyl (C=O) groups is 2. The second kappa shape index (κ2) is 19.1. The lowest BCUT2D eigenvalue weighted by Crippen LogP contribution is -2.53. The molecular formula is C52H58ClFN4O5. The summed E-state index contributed by atoms with van der Waals surface area (Å²) in [5.74, 6) is 1.36. The summed E-state index contributed by atoms with van der Waals surface area (Å²) in [6, 6.07) is 24.3. The van der Waals surface area contributed by atoms with E-state index in [1.165, 1.54) is 22.8 Å². The summed E-state index contributed by atoms with van der Waals surface area (Å²) >= 11 is 6.32. The van der Waals surface area contributed by atoms with Gasteiger partial charge in [-0.1, -0.05) is 49.7 Å². The van der Waals surface area contributed by atoms with E-state index in [4.69, 9.17) is 21.1 Å². The number of anilines is 1. The van der Waals surface area contributed by atoms with Gasteiger partial charge in [0.2, 0.25) is 5.91 Å². The lowest BCUT2D eigenvalue weighted by Gasteiger charge is -2.47. The number of pyridine rings is 2. The second-order valence-electron chi connectivity index (χ2n) is 18.3. The zero-order valence-corrected chi connectivity index (χ0v) is 37.3. The highest BCUT2D eigenvalue weighted by atomic mass is 35.5. The number of carboxylic acid groups (broad SMARTS) is 1. The molecule has 3 aliphatic rings. The summed E-state index contributed by atoms with van der Waals surface area (Å²) in [6.07, 6.45) is 13.5. The number of amides is 1. The first-order chi connectivity index (χ1) is 30.4. The van der Waals surface area contributed by atoms with E-state index in [1.807, 2.05) is 42.6 Å². The fourth-order valence-corrected chi connectivity index (χ4v) is 10.7. The molecule has 1 fully saturated rings. The third kappa shape index (κ3) is 9.71. The van der Waals surface area contributed by atoms with Crippen LogP contribution in [0, 0.1) is 17.7 Å². The maximum atomic E-state index is 14.8. The maximum Gasteiger partial charge on any atom is 0.329 e. The summed E-state index contributed by atoms with van der Waals surface area (Å²) in [5.41, 5.74) is 6.43. The Bertz CT molecular complexity index is 2420. The number of aryl methyl sites for hydroxylation is 1. The molecule has 2 heterocycles. The number of aromatic nitrogens is 2. The van der Waals surface area contributed by atoms with Crippen LogP contribution in [0.4, 0.5) is 10.1 Å². The third-order valence-corrected chi connectivity index (χ3v) is 14.2. The summed E-state index contributed by atoms with van der Waals surface area (Å²) in [4.78, 5) is 36.7. The number of carbonyl (C=O) groups excluding carboxylic acids is 1. The van der Waals surface area contributed by atoms with Gasteiger partial charge in [-0.2, -0.15) is 0 Å². The lowest BCUT2D eigenvalue weighted by molar-refractivity contribution is -0.144. The number of nitrogens with one attached hydrogen (secondary N) is 1. The minimum atomic E-state index is -1.13. The molecule has 5 aromatic rings. The minimum Gasteiger partial charge on any atom is -0.494 e. The lowest BCUT2D eigenvalue weighted by atomic mass is 9.59. The maximum absolute atomic E-state index is 14.8. The average molecular weight is 874 g/mol. The molecule has 63 heavy (non-hydrogen) atoms. The van der Waals surface area contributed by atoms with Crippen molar-refractivity contribution in [1.29, 1.82) is 0 Å². The van der Waals surface area contributed by atoms with E-state index in [0.29, 0.717) is 67.5 Å². The van der Waals surface area contributed by atoms with E-state index in [0.717, 1.165) is 60.4 Å². The number of aliphatic carboxylic acids is 1. The molecule has 0 aliphatic heterocycles. The van der Waals surface area contributed by atoms with Gasteiger partial charge in [0.1, 0.15) is 22.9 Å². The number of rotatable bonds is 16. The van der Waals surface area contributed by atoms with E-state index in [1.54, 1.807) is 48.6 Å². The monoisotopic (exact) mass is 872 g/mol. The Hall–Kier alpha value is -5.48. The number of benzene rings is 3. The van der Waals surface area contributed by atoms with Gasteiger partial charge in [0, 0.05) is 71.7 Å². The molecule has 1 spiro atoms. The van der Waals surface area contributed by atoms with Crippen LogP contribution in [0.15, 0.2) is 97.5 Å². The summed E-state index contributed by atoms with van der Waals surface area (Å²) < 4.78 is 27.8. The SMILES string of the molecule is C[C@@H](COc1ccnc2c1[C@H](C)CCC2)CC1Cc2ccc(OCCCC(=O)N(C)Cc3cc(-c4cccnc4)ccc3F)cc2C12CCC(Nc1cccc(Cl)c1)(C(=O)O)CC2. The van der Waals surface area contributed by atoms with Crippen molar-refractivity contribution in [2.24, 2.45) is 11.8 Å².